The molecule has 1 aromatic carbocycles. The first-order valence-electron chi connectivity index (χ1n) is 9.54. The number of benzene rings is 1. The Balaban J connectivity index is 0.00000196. The monoisotopic (exact) mass is 377 g/mol. The van der Waals surface area contributed by atoms with E-state index in [9.17, 15) is 9.59 Å². The highest BCUT2D eigenvalue weighted by Crippen LogP contribution is 2.37. The molecule has 4 rings (SSSR count). The van der Waals surface area contributed by atoms with Gasteiger partial charge in [0, 0.05) is 31.7 Å². The third-order valence-electron chi connectivity index (χ3n) is 6.29. The predicted molar refractivity (Wildman–Crippen MR) is 103 cm³/mol. The molecule has 0 saturated carbocycles. The first-order valence-corrected chi connectivity index (χ1v) is 9.54. The lowest BCUT2D eigenvalue weighted by Gasteiger charge is -2.40. The summed E-state index contributed by atoms with van der Waals surface area (Å²) in [4.78, 5) is 29.7. The van der Waals surface area contributed by atoms with Crippen LogP contribution in [-0.4, -0.2) is 60.4 Å². The zero-order chi connectivity index (χ0) is 17.3. The van der Waals surface area contributed by atoms with Gasteiger partial charge in [0.1, 0.15) is 6.04 Å². The summed E-state index contributed by atoms with van der Waals surface area (Å²) < 4.78 is 0. The van der Waals surface area contributed by atoms with E-state index in [1.54, 1.807) is 4.90 Å². The van der Waals surface area contributed by atoms with Crippen LogP contribution in [0.2, 0.25) is 0 Å². The lowest BCUT2D eigenvalue weighted by molar-refractivity contribution is -0.137. The van der Waals surface area contributed by atoms with E-state index >= 15 is 0 Å². The average molecular weight is 378 g/mol. The molecule has 0 bridgehead atoms. The zero-order valence-corrected chi connectivity index (χ0v) is 16.0. The van der Waals surface area contributed by atoms with Crippen LogP contribution in [0, 0.1) is 5.41 Å². The Labute approximate surface area is 161 Å². The number of hydrogen-bond acceptors (Lipinski definition) is 3. The lowest BCUT2D eigenvalue weighted by atomic mass is 9.77. The summed E-state index contributed by atoms with van der Waals surface area (Å²) in [5.74, 6) is 0.146. The Morgan fingerprint density at radius 1 is 1.04 bits per heavy atom. The predicted octanol–water partition coefficient (Wildman–Crippen LogP) is 2.32. The number of hydrogen-bond donors (Lipinski definition) is 1. The van der Waals surface area contributed by atoms with Crippen molar-refractivity contribution in [3.05, 3.63) is 35.9 Å². The van der Waals surface area contributed by atoms with Gasteiger partial charge in [0.25, 0.3) is 5.91 Å². The largest absolute Gasteiger partial charge is 0.341 e. The number of rotatable bonds is 2. The maximum absolute atomic E-state index is 13.1. The Hall–Kier alpha value is -1.59. The normalized spacial score (nSPS) is 24.5. The molecule has 26 heavy (non-hydrogen) atoms. The lowest BCUT2D eigenvalue weighted by Crippen LogP contribution is -2.51. The number of carbonyl (C=O) groups is 2. The van der Waals surface area contributed by atoms with Crippen LogP contribution >= 0.6 is 12.4 Å². The Bertz CT molecular complexity index is 636. The summed E-state index contributed by atoms with van der Waals surface area (Å²) in [5.41, 5.74) is 1.09. The van der Waals surface area contributed by atoms with Crippen LogP contribution in [-0.2, 0) is 4.79 Å². The standard InChI is InChI=1S/C20H27N3O2.ClH/c24-18(16-5-2-1-3-6-16)23-12-4-7-17(23)19(25)22-13-9-20(10-14-22)8-11-21-15-20;/h1-3,5-6,17,21H,4,7-15H2;1H. The van der Waals surface area contributed by atoms with Crippen LogP contribution < -0.4 is 5.32 Å². The number of halogens is 1. The number of nitrogens with one attached hydrogen (secondary N) is 1. The molecule has 1 aromatic rings. The first kappa shape index (κ1) is 19.2. The summed E-state index contributed by atoms with van der Waals surface area (Å²) in [6.07, 6.45) is 5.12. The SMILES string of the molecule is Cl.O=C(C1CCCN1C(=O)c1ccccc1)N1CCC2(CCNC2)CC1. The summed E-state index contributed by atoms with van der Waals surface area (Å²) >= 11 is 0. The van der Waals surface area contributed by atoms with Gasteiger partial charge in [-0.25, -0.2) is 0 Å². The van der Waals surface area contributed by atoms with Crippen molar-refractivity contribution in [2.75, 3.05) is 32.7 Å². The van der Waals surface area contributed by atoms with Gasteiger partial charge in [-0.2, -0.15) is 0 Å². The quantitative estimate of drug-likeness (QED) is 0.860. The van der Waals surface area contributed by atoms with Crippen molar-refractivity contribution in [2.24, 2.45) is 5.41 Å². The molecule has 2 amide bonds. The van der Waals surface area contributed by atoms with Crippen LogP contribution in [0.3, 0.4) is 0 Å². The van der Waals surface area contributed by atoms with E-state index in [-0.39, 0.29) is 30.3 Å². The minimum absolute atomic E-state index is 0. The van der Waals surface area contributed by atoms with Gasteiger partial charge in [0.15, 0.2) is 0 Å². The van der Waals surface area contributed by atoms with Gasteiger partial charge in [-0.05, 0) is 56.2 Å². The molecule has 0 aliphatic carbocycles. The minimum Gasteiger partial charge on any atom is -0.341 e. The number of amides is 2. The van der Waals surface area contributed by atoms with Crippen LogP contribution in [0.1, 0.15) is 42.5 Å². The highest BCUT2D eigenvalue weighted by molar-refractivity contribution is 5.98. The van der Waals surface area contributed by atoms with Crippen LogP contribution in [0.4, 0.5) is 0 Å². The molecule has 3 aliphatic rings. The van der Waals surface area contributed by atoms with Gasteiger partial charge in [-0.1, -0.05) is 18.2 Å². The number of carbonyl (C=O) groups excluding carboxylic acids is 2. The van der Waals surface area contributed by atoms with E-state index in [0.29, 0.717) is 17.5 Å². The van der Waals surface area contributed by atoms with Crippen molar-refractivity contribution in [2.45, 2.75) is 38.1 Å². The van der Waals surface area contributed by atoms with Gasteiger partial charge in [0.05, 0.1) is 0 Å². The summed E-state index contributed by atoms with van der Waals surface area (Å²) in [5, 5.41) is 3.47. The summed E-state index contributed by atoms with van der Waals surface area (Å²) in [6, 6.07) is 9.05. The fourth-order valence-corrected chi connectivity index (χ4v) is 4.65. The van der Waals surface area contributed by atoms with E-state index in [4.69, 9.17) is 0 Å². The van der Waals surface area contributed by atoms with E-state index in [1.807, 2.05) is 35.2 Å². The zero-order valence-electron chi connectivity index (χ0n) is 15.2. The van der Waals surface area contributed by atoms with Crippen molar-refractivity contribution < 1.29 is 9.59 Å². The maximum Gasteiger partial charge on any atom is 0.254 e. The van der Waals surface area contributed by atoms with Gasteiger partial charge >= 0.3 is 0 Å². The van der Waals surface area contributed by atoms with E-state index in [2.05, 4.69) is 5.32 Å². The molecule has 3 saturated heterocycles. The summed E-state index contributed by atoms with van der Waals surface area (Å²) in [7, 11) is 0. The van der Waals surface area contributed by atoms with Crippen molar-refractivity contribution in [1.29, 1.82) is 0 Å². The van der Waals surface area contributed by atoms with E-state index in [1.165, 1.54) is 6.42 Å². The molecular formula is C20H28ClN3O2. The second kappa shape index (κ2) is 7.97. The first-order chi connectivity index (χ1) is 12.2. The van der Waals surface area contributed by atoms with Crippen molar-refractivity contribution in [1.82, 2.24) is 15.1 Å². The number of nitrogens with zero attached hydrogens (tertiary/aromatic N) is 2. The van der Waals surface area contributed by atoms with Crippen molar-refractivity contribution in [3.8, 4) is 0 Å². The van der Waals surface area contributed by atoms with Crippen molar-refractivity contribution >= 4 is 24.2 Å². The topological polar surface area (TPSA) is 52.7 Å². The molecule has 0 radical (unpaired) electrons. The molecule has 3 heterocycles. The number of likely N-dealkylation sites (tertiary alicyclic amines) is 2. The highest BCUT2D eigenvalue weighted by atomic mass is 35.5. The molecule has 0 aromatic heterocycles. The van der Waals surface area contributed by atoms with Gasteiger partial charge in [-0.3, -0.25) is 9.59 Å². The Morgan fingerprint density at radius 2 is 1.77 bits per heavy atom. The fourth-order valence-electron chi connectivity index (χ4n) is 4.65. The average Bonchev–Trinajstić information content (AvgIpc) is 3.32. The molecule has 1 spiro atoms. The fraction of sp³-hybridized carbons (Fsp3) is 0.600. The van der Waals surface area contributed by atoms with Crippen LogP contribution in [0.15, 0.2) is 30.3 Å². The van der Waals surface area contributed by atoms with E-state index < -0.39 is 0 Å². The molecule has 1 unspecified atom stereocenters. The van der Waals surface area contributed by atoms with Crippen LogP contribution in [0.25, 0.3) is 0 Å². The minimum atomic E-state index is -0.275. The van der Waals surface area contributed by atoms with Gasteiger partial charge in [-0.15, -0.1) is 12.4 Å². The molecule has 3 aliphatic heterocycles. The van der Waals surface area contributed by atoms with Gasteiger partial charge < -0.3 is 15.1 Å². The Kier molecular flexibility index (Phi) is 5.88. The maximum atomic E-state index is 13.1. The second-order valence-corrected chi connectivity index (χ2v) is 7.77. The molecule has 5 nitrogen and oxygen atoms in total. The van der Waals surface area contributed by atoms with Crippen LogP contribution in [0.5, 0.6) is 0 Å². The molecular weight excluding hydrogens is 350 g/mol. The number of piperidine rings is 1. The molecule has 1 N–H and O–H groups in total. The molecule has 3 fully saturated rings. The molecule has 142 valence electrons. The van der Waals surface area contributed by atoms with Crippen molar-refractivity contribution in [3.63, 3.8) is 0 Å². The third kappa shape index (κ3) is 3.60. The molecule has 6 heteroatoms. The summed E-state index contributed by atoms with van der Waals surface area (Å²) in [6.45, 7) is 4.56. The molecule has 1 atom stereocenters. The highest BCUT2D eigenvalue weighted by Gasteiger charge is 2.41. The smallest absolute Gasteiger partial charge is 0.254 e. The Morgan fingerprint density at radius 3 is 2.42 bits per heavy atom. The third-order valence-corrected chi connectivity index (χ3v) is 6.29. The van der Waals surface area contributed by atoms with Gasteiger partial charge in [0.2, 0.25) is 5.91 Å². The second-order valence-electron chi connectivity index (χ2n) is 7.77. The van der Waals surface area contributed by atoms with E-state index in [0.717, 1.165) is 51.9 Å².